The van der Waals surface area contributed by atoms with Crippen LogP contribution in [0.15, 0.2) is 48.5 Å². The van der Waals surface area contributed by atoms with Gasteiger partial charge in [0.25, 0.3) is 0 Å². The van der Waals surface area contributed by atoms with E-state index in [1.54, 1.807) is 0 Å². The molecule has 2 aliphatic rings. The standard InChI is InChI=1S/C18H20N2/c1-2-4-14(5-3-1)15-6-7-18-16(12-15)13-17-8-9-19-10-11-20(17)18/h1-7,12,17,19H,8-11,13H2. The van der Waals surface area contributed by atoms with Crippen LogP contribution < -0.4 is 10.2 Å². The number of hydrogen-bond acceptors (Lipinski definition) is 2. The van der Waals surface area contributed by atoms with Crippen molar-refractivity contribution in [2.24, 2.45) is 0 Å². The lowest BCUT2D eigenvalue weighted by Gasteiger charge is -2.24. The summed E-state index contributed by atoms with van der Waals surface area (Å²) in [7, 11) is 0. The molecule has 1 unspecified atom stereocenters. The molecule has 0 spiro atoms. The fourth-order valence-electron chi connectivity index (χ4n) is 3.55. The van der Waals surface area contributed by atoms with Gasteiger partial charge in [0.2, 0.25) is 0 Å². The Morgan fingerprint density at radius 2 is 1.85 bits per heavy atom. The molecule has 2 heteroatoms. The fraction of sp³-hybridized carbons (Fsp3) is 0.333. The maximum atomic E-state index is 3.50. The van der Waals surface area contributed by atoms with Crippen molar-refractivity contribution in [1.82, 2.24) is 5.32 Å². The van der Waals surface area contributed by atoms with Gasteiger partial charge in [-0.15, -0.1) is 0 Å². The average Bonchev–Trinajstić information content (AvgIpc) is 2.68. The van der Waals surface area contributed by atoms with Crippen LogP contribution in [-0.4, -0.2) is 25.7 Å². The lowest BCUT2D eigenvalue weighted by atomic mass is 10.0. The number of hydrogen-bond donors (Lipinski definition) is 1. The molecule has 1 atom stereocenters. The highest BCUT2D eigenvalue weighted by Gasteiger charge is 2.29. The van der Waals surface area contributed by atoms with Gasteiger partial charge in [-0.3, -0.25) is 0 Å². The van der Waals surface area contributed by atoms with Gasteiger partial charge < -0.3 is 10.2 Å². The van der Waals surface area contributed by atoms with Crippen molar-refractivity contribution in [3.63, 3.8) is 0 Å². The zero-order valence-electron chi connectivity index (χ0n) is 11.7. The van der Waals surface area contributed by atoms with Gasteiger partial charge >= 0.3 is 0 Å². The smallest absolute Gasteiger partial charge is 0.0403 e. The fourth-order valence-corrected chi connectivity index (χ4v) is 3.55. The molecule has 0 aliphatic carbocycles. The van der Waals surface area contributed by atoms with E-state index in [0.717, 1.165) is 19.6 Å². The average molecular weight is 264 g/mol. The third-order valence-electron chi connectivity index (χ3n) is 4.58. The first-order valence-corrected chi connectivity index (χ1v) is 7.57. The maximum Gasteiger partial charge on any atom is 0.0403 e. The highest BCUT2D eigenvalue weighted by Crippen LogP contribution is 2.36. The number of nitrogens with one attached hydrogen (secondary N) is 1. The molecule has 2 aromatic rings. The monoisotopic (exact) mass is 264 g/mol. The summed E-state index contributed by atoms with van der Waals surface area (Å²) < 4.78 is 0. The Kier molecular flexibility index (Phi) is 2.96. The van der Waals surface area contributed by atoms with E-state index in [1.807, 2.05) is 0 Å². The molecule has 2 aliphatic heterocycles. The molecule has 1 fully saturated rings. The summed E-state index contributed by atoms with van der Waals surface area (Å²) in [5, 5.41) is 3.50. The summed E-state index contributed by atoms with van der Waals surface area (Å²) >= 11 is 0. The minimum absolute atomic E-state index is 0.700. The molecular weight excluding hydrogens is 244 g/mol. The predicted molar refractivity (Wildman–Crippen MR) is 84.2 cm³/mol. The van der Waals surface area contributed by atoms with Crippen LogP contribution in [0.5, 0.6) is 0 Å². The quantitative estimate of drug-likeness (QED) is 0.851. The van der Waals surface area contributed by atoms with Crippen LogP contribution in [-0.2, 0) is 6.42 Å². The van der Waals surface area contributed by atoms with E-state index in [9.17, 15) is 0 Å². The zero-order valence-corrected chi connectivity index (χ0v) is 11.7. The van der Waals surface area contributed by atoms with Gasteiger partial charge in [0.05, 0.1) is 0 Å². The molecule has 20 heavy (non-hydrogen) atoms. The van der Waals surface area contributed by atoms with Crippen LogP contribution in [0.3, 0.4) is 0 Å². The van der Waals surface area contributed by atoms with E-state index >= 15 is 0 Å². The molecule has 0 bridgehead atoms. The highest BCUT2D eigenvalue weighted by atomic mass is 15.2. The van der Waals surface area contributed by atoms with Crippen LogP contribution in [0.4, 0.5) is 5.69 Å². The van der Waals surface area contributed by atoms with Crippen molar-refractivity contribution in [3.05, 3.63) is 54.1 Å². The Morgan fingerprint density at radius 3 is 2.75 bits per heavy atom. The van der Waals surface area contributed by atoms with Crippen LogP contribution in [0.25, 0.3) is 11.1 Å². The first kappa shape index (κ1) is 12.0. The van der Waals surface area contributed by atoms with Crippen molar-refractivity contribution >= 4 is 5.69 Å². The third kappa shape index (κ3) is 2.01. The van der Waals surface area contributed by atoms with Gasteiger partial charge in [-0.05, 0) is 48.2 Å². The van der Waals surface area contributed by atoms with Gasteiger partial charge in [0.15, 0.2) is 0 Å². The molecule has 2 nitrogen and oxygen atoms in total. The first-order chi connectivity index (χ1) is 9.92. The molecule has 4 rings (SSSR count). The molecule has 0 aromatic heterocycles. The predicted octanol–water partition coefficient (Wildman–Crippen LogP) is 3.08. The molecule has 1 saturated heterocycles. The second kappa shape index (κ2) is 4.95. The number of anilines is 1. The van der Waals surface area contributed by atoms with Crippen molar-refractivity contribution in [2.45, 2.75) is 18.9 Å². The van der Waals surface area contributed by atoms with Crippen molar-refractivity contribution in [1.29, 1.82) is 0 Å². The normalized spacial score (nSPS) is 21.2. The molecule has 2 aromatic carbocycles. The van der Waals surface area contributed by atoms with Crippen LogP contribution in [0, 0.1) is 0 Å². The Hall–Kier alpha value is -1.80. The van der Waals surface area contributed by atoms with Gasteiger partial charge in [-0.1, -0.05) is 36.4 Å². The summed E-state index contributed by atoms with van der Waals surface area (Å²) in [6.45, 7) is 3.40. The van der Waals surface area contributed by atoms with Crippen LogP contribution >= 0.6 is 0 Å². The summed E-state index contributed by atoms with van der Waals surface area (Å²) in [5.74, 6) is 0. The number of benzene rings is 2. The Bertz CT molecular complexity index is 606. The Balaban J connectivity index is 1.70. The van der Waals surface area contributed by atoms with E-state index in [1.165, 1.54) is 35.2 Å². The van der Waals surface area contributed by atoms with E-state index in [0.29, 0.717) is 6.04 Å². The largest absolute Gasteiger partial charge is 0.367 e. The molecule has 102 valence electrons. The lowest BCUT2D eigenvalue weighted by molar-refractivity contribution is 0.612. The SMILES string of the molecule is c1ccc(-c2ccc3c(c2)CC2CCNCCN32)cc1. The van der Waals surface area contributed by atoms with E-state index in [-0.39, 0.29) is 0 Å². The van der Waals surface area contributed by atoms with Gasteiger partial charge in [0.1, 0.15) is 0 Å². The summed E-state index contributed by atoms with van der Waals surface area (Å²) in [5.41, 5.74) is 5.65. The van der Waals surface area contributed by atoms with E-state index in [2.05, 4.69) is 58.7 Å². The maximum absolute atomic E-state index is 3.50. The number of fused-ring (bicyclic) bond motifs is 3. The van der Waals surface area contributed by atoms with Gasteiger partial charge in [0, 0.05) is 24.8 Å². The molecular formula is C18H20N2. The molecule has 0 saturated carbocycles. The number of rotatable bonds is 1. The second-order valence-corrected chi connectivity index (χ2v) is 5.80. The number of nitrogens with zero attached hydrogens (tertiary/aromatic N) is 1. The van der Waals surface area contributed by atoms with E-state index < -0.39 is 0 Å². The first-order valence-electron chi connectivity index (χ1n) is 7.57. The van der Waals surface area contributed by atoms with Gasteiger partial charge in [-0.2, -0.15) is 0 Å². The molecule has 0 radical (unpaired) electrons. The molecule has 1 N–H and O–H groups in total. The molecule has 2 heterocycles. The van der Waals surface area contributed by atoms with Crippen molar-refractivity contribution < 1.29 is 0 Å². The Labute approximate surface area is 120 Å². The second-order valence-electron chi connectivity index (χ2n) is 5.80. The summed E-state index contributed by atoms with van der Waals surface area (Å²) in [4.78, 5) is 2.60. The minimum atomic E-state index is 0.700. The summed E-state index contributed by atoms with van der Waals surface area (Å²) in [6, 6.07) is 18.4. The lowest BCUT2D eigenvalue weighted by Crippen LogP contribution is -2.32. The summed E-state index contributed by atoms with van der Waals surface area (Å²) in [6.07, 6.45) is 2.47. The van der Waals surface area contributed by atoms with Crippen LogP contribution in [0.1, 0.15) is 12.0 Å². The van der Waals surface area contributed by atoms with Crippen molar-refractivity contribution in [2.75, 3.05) is 24.5 Å². The molecule has 0 amide bonds. The minimum Gasteiger partial charge on any atom is -0.367 e. The van der Waals surface area contributed by atoms with E-state index in [4.69, 9.17) is 0 Å². The Morgan fingerprint density at radius 1 is 0.950 bits per heavy atom. The topological polar surface area (TPSA) is 15.3 Å². The third-order valence-corrected chi connectivity index (χ3v) is 4.58. The van der Waals surface area contributed by atoms with Crippen LogP contribution in [0.2, 0.25) is 0 Å². The zero-order chi connectivity index (χ0) is 13.4. The van der Waals surface area contributed by atoms with Gasteiger partial charge in [-0.25, -0.2) is 0 Å². The highest BCUT2D eigenvalue weighted by molar-refractivity contribution is 5.71. The van der Waals surface area contributed by atoms with Crippen molar-refractivity contribution in [3.8, 4) is 11.1 Å².